The number of nitrogens with zero attached hydrogens (tertiary/aromatic N) is 1. The van der Waals surface area contributed by atoms with E-state index in [0.717, 1.165) is 42.6 Å². The maximum atomic E-state index is 13.5. The number of ether oxygens (including phenoxy) is 2. The predicted molar refractivity (Wildman–Crippen MR) is 140 cm³/mol. The minimum atomic E-state index is -0.668. The summed E-state index contributed by atoms with van der Waals surface area (Å²) in [5.74, 6) is 0.0703. The molecule has 4 rings (SSSR count). The number of ketones is 1. The van der Waals surface area contributed by atoms with Gasteiger partial charge in [0, 0.05) is 17.2 Å². The van der Waals surface area contributed by atoms with Crippen LogP contribution in [0.4, 0.5) is 0 Å². The summed E-state index contributed by atoms with van der Waals surface area (Å²) in [7, 11) is 0. The van der Waals surface area contributed by atoms with Crippen LogP contribution in [0.2, 0.25) is 0 Å². The molecule has 0 aromatic heterocycles. The molecule has 0 spiro atoms. The molecule has 0 radical (unpaired) electrons. The highest BCUT2D eigenvalue weighted by Gasteiger charge is 2.49. The fraction of sp³-hybridized carbons (Fsp3) is 0.467. The summed E-state index contributed by atoms with van der Waals surface area (Å²) < 4.78 is 11.5. The van der Waals surface area contributed by atoms with Crippen LogP contribution in [0.3, 0.4) is 0 Å². The van der Waals surface area contributed by atoms with E-state index in [1.807, 2.05) is 50.2 Å². The maximum Gasteiger partial charge on any atom is 0.295 e. The predicted octanol–water partition coefficient (Wildman–Crippen LogP) is 6.15. The molecule has 1 amide bonds. The normalized spacial score (nSPS) is 20.2. The second kappa shape index (κ2) is 10.4. The van der Waals surface area contributed by atoms with E-state index in [1.54, 1.807) is 11.0 Å². The zero-order chi connectivity index (χ0) is 26.0. The van der Waals surface area contributed by atoms with E-state index in [2.05, 4.69) is 20.8 Å². The summed E-state index contributed by atoms with van der Waals surface area (Å²) in [5, 5.41) is 11.6. The summed E-state index contributed by atoms with van der Waals surface area (Å²) in [6.45, 7) is 11.1. The molecule has 6 nitrogen and oxygen atoms in total. The number of amides is 1. The Bertz CT molecular complexity index is 1170. The van der Waals surface area contributed by atoms with Crippen molar-refractivity contribution in [1.29, 1.82) is 0 Å². The van der Waals surface area contributed by atoms with Crippen LogP contribution >= 0.6 is 0 Å². The van der Waals surface area contributed by atoms with Crippen molar-refractivity contribution >= 4 is 17.4 Å². The number of carbonyl (C=O) groups excluding carboxylic acids is 2. The van der Waals surface area contributed by atoms with Crippen LogP contribution in [0, 0.1) is 0 Å². The number of aliphatic hydroxyl groups excluding tert-OH is 1. The van der Waals surface area contributed by atoms with Gasteiger partial charge in [0.05, 0.1) is 24.8 Å². The number of hydrogen-bond acceptors (Lipinski definition) is 5. The standard InChI is InChI=1S/C30H37NO5/c1-6-35-22-14-10-11-19(17-22)26-25(28(33)29(34)31(26)21-12-8-9-13-21)27(32)20-15-16-24(36-7-2)23(18-20)30(3,4)5/h10-11,14-18,21,26,32H,6-9,12-13H2,1-5H3/b27-25+. The molecule has 36 heavy (non-hydrogen) atoms. The van der Waals surface area contributed by atoms with Crippen molar-refractivity contribution < 1.29 is 24.2 Å². The maximum absolute atomic E-state index is 13.5. The second-order valence-electron chi connectivity index (χ2n) is 10.5. The average molecular weight is 492 g/mol. The van der Waals surface area contributed by atoms with Gasteiger partial charge >= 0.3 is 0 Å². The van der Waals surface area contributed by atoms with Gasteiger partial charge in [-0.2, -0.15) is 0 Å². The number of Topliss-reactive ketones (excluding diaryl/α,β-unsaturated/α-hetero) is 1. The third kappa shape index (κ3) is 4.86. The third-order valence-corrected chi connectivity index (χ3v) is 7.04. The molecule has 2 aromatic rings. The largest absolute Gasteiger partial charge is 0.507 e. The van der Waals surface area contributed by atoms with Gasteiger partial charge in [-0.05, 0) is 68.0 Å². The molecule has 2 fully saturated rings. The van der Waals surface area contributed by atoms with Crippen molar-refractivity contribution in [3.05, 3.63) is 64.7 Å². The summed E-state index contributed by atoms with van der Waals surface area (Å²) >= 11 is 0. The smallest absolute Gasteiger partial charge is 0.295 e. The highest BCUT2D eigenvalue weighted by molar-refractivity contribution is 6.46. The minimum Gasteiger partial charge on any atom is -0.507 e. The molecular weight excluding hydrogens is 454 g/mol. The average Bonchev–Trinajstić information content (AvgIpc) is 3.45. The lowest BCUT2D eigenvalue weighted by molar-refractivity contribution is -0.141. The van der Waals surface area contributed by atoms with Crippen molar-refractivity contribution in [2.75, 3.05) is 13.2 Å². The van der Waals surface area contributed by atoms with Crippen molar-refractivity contribution in [3.63, 3.8) is 0 Å². The van der Waals surface area contributed by atoms with Gasteiger partial charge in [-0.25, -0.2) is 0 Å². The van der Waals surface area contributed by atoms with Crippen LogP contribution in [0.1, 0.15) is 83.0 Å². The van der Waals surface area contributed by atoms with E-state index in [1.165, 1.54) is 0 Å². The lowest BCUT2D eigenvalue weighted by atomic mass is 9.84. The molecule has 1 heterocycles. The molecule has 1 saturated carbocycles. The number of carbonyl (C=O) groups is 2. The lowest BCUT2D eigenvalue weighted by Gasteiger charge is -2.31. The fourth-order valence-electron chi connectivity index (χ4n) is 5.38. The molecule has 1 aliphatic heterocycles. The van der Waals surface area contributed by atoms with Crippen LogP contribution in [0.5, 0.6) is 11.5 Å². The molecule has 2 aromatic carbocycles. The highest BCUT2D eigenvalue weighted by atomic mass is 16.5. The quantitative estimate of drug-likeness (QED) is 0.286. The van der Waals surface area contributed by atoms with E-state index in [9.17, 15) is 14.7 Å². The Morgan fingerprint density at radius 1 is 1.00 bits per heavy atom. The Kier molecular flexibility index (Phi) is 7.43. The zero-order valence-corrected chi connectivity index (χ0v) is 22.0. The molecular formula is C30H37NO5. The van der Waals surface area contributed by atoms with E-state index < -0.39 is 17.7 Å². The first kappa shape index (κ1) is 25.8. The first-order chi connectivity index (χ1) is 17.2. The molecule has 0 bridgehead atoms. The SMILES string of the molecule is CCOc1cccc(C2/C(=C(\O)c3ccc(OCC)c(C(C)(C)C)c3)C(=O)C(=O)N2C2CCCC2)c1. The van der Waals surface area contributed by atoms with Gasteiger partial charge in [-0.15, -0.1) is 0 Å². The Labute approximate surface area is 213 Å². The van der Waals surface area contributed by atoms with Gasteiger partial charge in [-0.3, -0.25) is 9.59 Å². The molecule has 6 heteroatoms. The second-order valence-corrected chi connectivity index (χ2v) is 10.5. The van der Waals surface area contributed by atoms with Crippen LogP contribution in [-0.2, 0) is 15.0 Å². The number of aliphatic hydroxyl groups is 1. The van der Waals surface area contributed by atoms with E-state index >= 15 is 0 Å². The van der Waals surface area contributed by atoms with Crippen LogP contribution in [0.25, 0.3) is 5.76 Å². The van der Waals surface area contributed by atoms with Crippen LogP contribution in [0.15, 0.2) is 48.0 Å². The van der Waals surface area contributed by atoms with Crippen LogP contribution in [-0.4, -0.2) is 41.0 Å². The molecule has 1 atom stereocenters. The fourth-order valence-corrected chi connectivity index (χ4v) is 5.38. The first-order valence-corrected chi connectivity index (χ1v) is 13.0. The van der Waals surface area contributed by atoms with Gasteiger partial charge in [0.2, 0.25) is 0 Å². The highest BCUT2D eigenvalue weighted by Crippen LogP contribution is 2.44. The lowest BCUT2D eigenvalue weighted by Crippen LogP contribution is -2.37. The monoisotopic (exact) mass is 491 g/mol. The number of likely N-dealkylation sites (tertiary alicyclic amines) is 1. The first-order valence-electron chi connectivity index (χ1n) is 13.0. The molecule has 1 unspecified atom stereocenters. The van der Waals surface area contributed by atoms with E-state index in [4.69, 9.17) is 9.47 Å². The Morgan fingerprint density at radius 3 is 2.33 bits per heavy atom. The Balaban J connectivity index is 1.89. The van der Waals surface area contributed by atoms with Crippen molar-refractivity contribution in [2.45, 2.75) is 77.8 Å². The summed E-state index contributed by atoms with van der Waals surface area (Å²) in [6.07, 6.45) is 3.75. The molecule has 1 saturated heterocycles. The van der Waals surface area contributed by atoms with Crippen molar-refractivity contribution in [2.24, 2.45) is 0 Å². The molecule has 1 N–H and O–H groups in total. The van der Waals surface area contributed by atoms with Gasteiger partial charge in [0.15, 0.2) is 0 Å². The summed E-state index contributed by atoms with van der Waals surface area (Å²) in [6, 6.07) is 12.2. The molecule has 2 aliphatic rings. The van der Waals surface area contributed by atoms with Crippen LogP contribution < -0.4 is 9.47 Å². The Morgan fingerprint density at radius 2 is 1.69 bits per heavy atom. The van der Waals surface area contributed by atoms with Gasteiger partial charge in [-0.1, -0.05) is 45.7 Å². The zero-order valence-electron chi connectivity index (χ0n) is 22.0. The number of benzene rings is 2. The van der Waals surface area contributed by atoms with Gasteiger partial charge in [0.1, 0.15) is 17.3 Å². The number of rotatable bonds is 7. The van der Waals surface area contributed by atoms with E-state index in [-0.39, 0.29) is 22.8 Å². The summed E-state index contributed by atoms with van der Waals surface area (Å²) in [4.78, 5) is 28.5. The van der Waals surface area contributed by atoms with E-state index in [0.29, 0.717) is 24.5 Å². The topological polar surface area (TPSA) is 76.1 Å². The summed E-state index contributed by atoms with van der Waals surface area (Å²) in [5.41, 5.74) is 2.06. The number of hydrogen-bond donors (Lipinski definition) is 1. The molecule has 1 aliphatic carbocycles. The van der Waals surface area contributed by atoms with Crippen molar-refractivity contribution in [3.8, 4) is 11.5 Å². The Hall–Kier alpha value is -3.28. The van der Waals surface area contributed by atoms with Crippen molar-refractivity contribution in [1.82, 2.24) is 4.90 Å². The minimum absolute atomic E-state index is 0.0297. The molecule has 192 valence electrons. The third-order valence-electron chi connectivity index (χ3n) is 7.04. The van der Waals surface area contributed by atoms with Gasteiger partial charge < -0.3 is 19.5 Å². The van der Waals surface area contributed by atoms with Gasteiger partial charge in [0.25, 0.3) is 11.7 Å².